The first-order valence-corrected chi connectivity index (χ1v) is 9.10. The monoisotopic (exact) mass is 443 g/mol. The fraction of sp³-hybridized carbons (Fsp3) is 0.263. The van der Waals surface area contributed by atoms with E-state index in [4.69, 9.17) is 27.8 Å². The molecular formula is C19H21ClF3N5O2. The van der Waals surface area contributed by atoms with E-state index in [9.17, 15) is 18.0 Å². The summed E-state index contributed by atoms with van der Waals surface area (Å²) < 4.78 is 45.4. The Balaban J connectivity index is 2.32. The van der Waals surface area contributed by atoms with Gasteiger partial charge in [-0.25, -0.2) is 13.2 Å². The van der Waals surface area contributed by atoms with Crippen LogP contribution in [0.5, 0.6) is 0 Å². The van der Waals surface area contributed by atoms with Crippen molar-refractivity contribution in [3.63, 3.8) is 0 Å². The summed E-state index contributed by atoms with van der Waals surface area (Å²) >= 11 is 5.69. The predicted octanol–water partition coefficient (Wildman–Crippen LogP) is 2.71. The molecule has 1 unspecified atom stereocenters. The van der Waals surface area contributed by atoms with E-state index < -0.39 is 29.5 Å². The van der Waals surface area contributed by atoms with Gasteiger partial charge in [-0.2, -0.15) is 4.99 Å². The number of aliphatic imine (C=N–C) groups is 1. The summed E-state index contributed by atoms with van der Waals surface area (Å²) in [6, 6.07) is 4.58. The largest absolute Gasteiger partial charge is 0.398 e. The summed E-state index contributed by atoms with van der Waals surface area (Å²) in [7, 11) is 1.48. The molecule has 11 heteroatoms. The number of nitrogens with one attached hydrogen (secondary N) is 2. The van der Waals surface area contributed by atoms with Gasteiger partial charge >= 0.3 is 0 Å². The molecule has 0 saturated heterocycles. The van der Waals surface area contributed by atoms with Crippen molar-refractivity contribution in [3.8, 4) is 0 Å². The van der Waals surface area contributed by atoms with Crippen LogP contribution in [-0.4, -0.2) is 31.6 Å². The second-order valence-electron chi connectivity index (χ2n) is 6.41. The van der Waals surface area contributed by atoms with Crippen LogP contribution in [0.1, 0.15) is 29.0 Å². The third-order valence-corrected chi connectivity index (χ3v) is 4.22. The van der Waals surface area contributed by atoms with E-state index in [1.165, 1.54) is 13.2 Å². The molecule has 0 saturated carbocycles. The van der Waals surface area contributed by atoms with Crippen molar-refractivity contribution >= 4 is 29.2 Å². The zero-order chi connectivity index (χ0) is 22.4. The number of halogens is 4. The second kappa shape index (κ2) is 10.3. The Hall–Kier alpha value is -2.82. The van der Waals surface area contributed by atoms with Gasteiger partial charge in [-0.15, -0.1) is 0 Å². The van der Waals surface area contributed by atoms with Crippen LogP contribution in [0.3, 0.4) is 0 Å². The molecule has 0 fully saturated rings. The summed E-state index contributed by atoms with van der Waals surface area (Å²) in [5, 5.41) is 5.43. The Bertz CT molecular complexity index is 958. The Kier molecular flexibility index (Phi) is 8.04. The van der Waals surface area contributed by atoms with Gasteiger partial charge in [0.25, 0.3) is 5.91 Å². The van der Waals surface area contributed by atoms with Crippen LogP contribution in [0, 0.1) is 17.5 Å². The van der Waals surface area contributed by atoms with Gasteiger partial charge in [-0.05, 0) is 37.3 Å². The molecule has 0 bridgehead atoms. The molecule has 2 rings (SSSR count). The molecule has 30 heavy (non-hydrogen) atoms. The molecule has 0 aromatic heterocycles. The lowest BCUT2D eigenvalue weighted by Gasteiger charge is -2.22. The van der Waals surface area contributed by atoms with Crippen LogP contribution in [0.15, 0.2) is 35.3 Å². The van der Waals surface area contributed by atoms with Crippen molar-refractivity contribution in [2.45, 2.75) is 19.1 Å². The smallest absolute Gasteiger partial charge is 0.280 e. The van der Waals surface area contributed by atoms with E-state index in [2.05, 4.69) is 15.6 Å². The number of anilines is 1. The maximum atomic E-state index is 13.8. The van der Waals surface area contributed by atoms with Crippen LogP contribution in [0.4, 0.5) is 18.9 Å². The van der Waals surface area contributed by atoms with Gasteiger partial charge in [0, 0.05) is 30.0 Å². The number of methoxy groups -OCH3 is 1. The van der Waals surface area contributed by atoms with Gasteiger partial charge in [-0.1, -0.05) is 11.6 Å². The van der Waals surface area contributed by atoms with Crippen LogP contribution in [0.2, 0.25) is 5.02 Å². The summed E-state index contributed by atoms with van der Waals surface area (Å²) in [6.07, 6.45) is -1.07. The van der Waals surface area contributed by atoms with Gasteiger partial charge in [0.15, 0.2) is 11.6 Å². The maximum absolute atomic E-state index is 13.8. The zero-order valence-corrected chi connectivity index (χ0v) is 16.9. The van der Waals surface area contributed by atoms with E-state index in [0.29, 0.717) is 0 Å². The van der Waals surface area contributed by atoms with Crippen molar-refractivity contribution in [1.29, 1.82) is 0 Å². The molecule has 0 heterocycles. The Labute approximate surface area is 176 Å². The molecular weight excluding hydrogens is 423 g/mol. The minimum atomic E-state index is -1.19. The van der Waals surface area contributed by atoms with Gasteiger partial charge in [-0.3, -0.25) is 4.79 Å². The minimum Gasteiger partial charge on any atom is -0.398 e. The molecule has 1 amide bonds. The Morgan fingerprint density at radius 1 is 1.17 bits per heavy atom. The molecule has 7 nitrogen and oxygen atoms in total. The molecule has 0 spiro atoms. The number of guanidine groups is 1. The van der Waals surface area contributed by atoms with Gasteiger partial charge < -0.3 is 26.8 Å². The predicted molar refractivity (Wildman–Crippen MR) is 108 cm³/mol. The maximum Gasteiger partial charge on any atom is 0.280 e. The number of ether oxygens (including phenoxy) is 1. The number of benzene rings is 2. The van der Waals surface area contributed by atoms with E-state index >= 15 is 0 Å². The molecule has 0 aliphatic rings. The fourth-order valence-corrected chi connectivity index (χ4v) is 2.67. The standard InChI is InChI=1S/C19H21ClF3N5O2/c1-9(8-30-2)26-19(28-18(29)10-3-4-13(21)15(23)5-10)27-17(25)11-6-14(22)12(20)7-16(11)24/h3-7,9,17H,8,24-25H2,1-2H3,(H2,26,27,28,29)/t9-,17?/m0/s1. The topological polar surface area (TPSA) is 115 Å². The van der Waals surface area contributed by atoms with Crippen molar-refractivity contribution < 1.29 is 22.7 Å². The fourth-order valence-electron chi connectivity index (χ4n) is 2.50. The number of amides is 1. The second-order valence-corrected chi connectivity index (χ2v) is 6.82. The molecule has 2 aromatic rings. The lowest BCUT2D eigenvalue weighted by atomic mass is 10.1. The van der Waals surface area contributed by atoms with E-state index in [1.54, 1.807) is 6.92 Å². The third kappa shape index (κ3) is 6.09. The van der Waals surface area contributed by atoms with E-state index in [-0.39, 0.29) is 40.4 Å². The number of nitrogens with two attached hydrogens (primary N) is 2. The number of hydrogen-bond donors (Lipinski definition) is 4. The highest BCUT2D eigenvalue weighted by Crippen LogP contribution is 2.25. The lowest BCUT2D eigenvalue weighted by Crippen LogP contribution is -2.47. The van der Waals surface area contributed by atoms with E-state index in [0.717, 1.165) is 24.3 Å². The molecule has 2 atom stereocenters. The van der Waals surface area contributed by atoms with Gasteiger partial charge in [0.2, 0.25) is 5.96 Å². The SMILES string of the molecule is COC[C@H](C)N/C(=N\C(=O)c1ccc(F)c(F)c1)NC(N)c1cc(F)c(Cl)cc1N. The Morgan fingerprint density at radius 2 is 1.87 bits per heavy atom. The molecule has 2 aromatic carbocycles. The van der Waals surface area contributed by atoms with Crippen molar-refractivity contribution in [1.82, 2.24) is 10.6 Å². The highest BCUT2D eigenvalue weighted by molar-refractivity contribution is 6.31. The quantitative estimate of drug-likeness (QED) is 0.236. The van der Waals surface area contributed by atoms with Crippen molar-refractivity contribution in [2.24, 2.45) is 10.7 Å². The summed E-state index contributed by atoms with van der Waals surface area (Å²) in [5.41, 5.74) is 12.0. The third-order valence-electron chi connectivity index (χ3n) is 3.93. The van der Waals surface area contributed by atoms with Crippen LogP contribution in [-0.2, 0) is 4.74 Å². The minimum absolute atomic E-state index is 0.100. The van der Waals surface area contributed by atoms with Crippen LogP contribution < -0.4 is 22.1 Å². The average molecular weight is 444 g/mol. The normalized spacial score (nSPS) is 13.6. The van der Waals surface area contributed by atoms with Crippen molar-refractivity contribution in [2.75, 3.05) is 19.5 Å². The molecule has 0 aliphatic carbocycles. The highest BCUT2D eigenvalue weighted by atomic mass is 35.5. The van der Waals surface area contributed by atoms with Crippen LogP contribution in [0.25, 0.3) is 0 Å². The first-order chi connectivity index (χ1) is 14.1. The summed E-state index contributed by atoms with van der Waals surface area (Å²) in [4.78, 5) is 16.3. The lowest BCUT2D eigenvalue weighted by molar-refractivity contribution is 0.100. The number of hydrogen-bond acceptors (Lipinski definition) is 4. The molecule has 6 N–H and O–H groups in total. The highest BCUT2D eigenvalue weighted by Gasteiger charge is 2.18. The molecule has 162 valence electrons. The van der Waals surface area contributed by atoms with Gasteiger partial charge in [0.1, 0.15) is 12.0 Å². The Morgan fingerprint density at radius 3 is 2.50 bits per heavy atom. The van der Waals surface area contributed by atoms with Crippen LogP contribution >= 0.6 is 11.6 Å². The number of nitrogens with zero attached hydrogens (tertiary/aromatic N) is 1. The van der Waals surface area contributed by atoms with E-state index in [1.807, 2.05) is 0 Å². The number of rotatable bonds is 6. The average Bonchev–Trinajstić information content (AvgIpc) is 2.66. The summed E-state index contributed by atoms with van der Waals surface area (Å²) in [6.45, 7) is 2.00. The molecule has 0 aliphatic heterocycles. The zero-order valence-electron chi connectivity index (χ0n) is 16.2. The number of carbonyl (C=O) groups excluding carboxylic acids is 1. The molecule has 0 radical (unpaired) electrons. The first-order valence-electron chi connectivity index (χ1n) is 8.72. The number of carbonyl (C=O) groups is 1. The van der Waals surface area contributed by atoms with Crippen molar-refractivity contribution in [3.05, 3.63) is 63.9 Å². The first kappa shape index (κ1) is 23.5. The number of nitrogen functional groups attached to an aromatic ring is 1. The van der Waals surface area contributed by atoms with Gasteiger partial charge in [0.05, 0.1) is 11.6 Å². The summed E-state index contributed by atoms with van der Waals surface area (Å²) in [5.74, 6) is -3.97.